The second-order valence-corrected chi connectivity index (χ2v) is 15.3. The minimum Gasteiger partial charge on any atom is -0.550 e. The molecule has 0 radical (unpaired) electrons. The van der Waals surface area contributed by atoms with E-state index >= 15 is 0 Å². The van der Waals surface area contributed by atoms with Crippen LogP contribution in [0.25, 0.3) is 0 Å². The summed E-state index contributed by atoms with van der Waals surface area (Å²) in [7, 11) is -5.15. The fourth-order valence-corrected chi connectivity index (χ4v) is 7.56. The molecule has 0 bridgehead atoms. The third-order valence-corrected chi connectivity index (χ3v) is 10.6. The molecular weight excluding hydrogens is 680 g/mol. The molecule has 0 spiro atoms. The van der Waals surface area contributed by atoms with Gasteiger partial charge < -0.3 is 29.7 Å². The van der Waals surface area contributed by atoms with E-state index in [-0.39, 0.29) is 71.9 Å². The van der Waals surface area contributed by atoms with E-state index < -0.39 is 38.7 Å². The van der Waals surface area contributed by atoms with Gasteiger partial charge >= 0.3 is 52.6 Å². The molecule has 0 aromatic heterocycles. The monoisotopic (exact) mass is 750 g/mol. The maximum atomic E-state index is 12.0. The Balaban J connectivity index is -0.000000428. The van der Waals surface area contributed by atoms with E-state index in [1.54, 1.807) is 0 Å². The molecular formula is C38H71MgNaO9S. The number of unbranched alkanes of at least 4 members (excludes halogenated alkanes) is 24. The molecule has 0 aliphatic carbocycles. The third-order valence-electron chi connectivity index (χ3n) is 9.36. The molecule has 0 fully saturated rings. The van der Waals surface area contributed by atoms with Crippen molar-refractivity contribution < 1.29 is 72.2 Å². The second kappa shape index (κ2) is 38.8. The van der Waals surface area contributed by atoms with Crippen molar-refractivity contribution in [2.24, 2.45) is 5.41 Å². The molecule has 12 heteroatoms. The van der Waals surface area contributed by atoms with Crippen LogP contribution in [0.2, 0.25) is 0 Å². The Morgan fingerprint density at radius 3 is 1.00 bits per heavy atom. The number of hydrogen-bond acceptors (Lipinski definition) is 8. The molecule has 50 heavy (non-hydrogen) atoms. The third kappa shape index (κ3) is 32.7. The number of rotatable bonds is 34. The first-order chi connectivity index (χ1) is 22.9. The zero-order valence-corrected chi connectivity index (χ0v) is 36.8. The van der Waals surface area contributed by atoms with Crippen LogP contribution in [0.1, 0.15) is 213 Å². The summed E-state index contributed by atoms with van der Waals surface area (Å²) in [5, 5.41) is 31.2. The Hall–Kier alpha value is 0.0862. The number of carbonyl (C=O) groups excluding carboxylic acids is 3. The average Bonchev–Trinajstić information content (AvgIpc) is 3.01. The van der Waals surface area contributed by atoms with Crippen LogP contribution in [0, 0.1) is 5.41 Å². The summed E-state index contributed by atoms with van der Waals surface area (Å²) in [6, 6.07) is 0. The molecule has 0 amide bonds. The number of carboxylic acids is 3. The van der Waals surface area contributed by atoms with Crippen LogP contribution in [0.5, 0.6) is 0 Å². The molecule has 0 aromatic rings. The molecule has 1 atom stereocenters. The van der Waals surface area contributed by atoms with E-state index in [1.165, 1.54) is 83.5 Å². The first-order valence-corrected chi connectivity index (χ1v) is 21.0. The fourth-order valence-electron chi connectivity index (χ4n) is 6.41. The number of carbonyl (C=O) groups is 3. The minimum atomic E-state index is -5.15. The van der Waals surface area contributed by atoms with E-state index in [4.69, 9.17) is 0 Å². The number of aliphatic carboxylic acids is 3. The predicted molar refractivity (Wildman–Crippen MR) is 194 cm³/mol. The number of carboxylic acid groups (broad SMARTS) is 3. The summed E-state index contributed by atoms with van der Waals surface area (Å²) in [6.45, 7) is 6.40. The Kier molecular flexibility index (Phi) is 44.1. The molecule has 0 heterocycles. The first-order valence-electron chi connectivity index (χ1n) is 19.5. The summed E-state index contributed by atoms with van der Waals surface area (Å²) in [6.07, 6.45) is 29.4. The van der Waals surface area contributed by atoms with E-state index in [1.807, 2.05) is 0 Å². The zero-order chi connectivity index (χ0) is 36.5. The zero-order valence-electron chi connectivity index (χ0n) is 32.6. The Morgan fingerprint density at radius 1 is 0.520 bits per heavy atom. The average molecular weight is 751 g/mol. The predicted octanol–water partition coefficient (Wildman–Crippen LogP) is 3.85. The van der Waals surface area contributed by atoms with Crippen molar-refractivity contribution >= 4 is 51.1 Å². The van der Waals surface area contributed by atoms with E-state index in [2.05, 4.69) is 20.8 Å². The van der Waals surface area contributed by atoms with Gasteiger partial charge in [0.05, 0.1) is 5.97 Å². The van der Waals surface area contributed by atoms with Gasteiger partial charge in [0.15, 0.2) is 0 Å². The van der Waals surface area contributed by atoms with Gasteiger partial charge in [-0.2, -0.15) is 8.42 Å². The summed E-state index contributed by atoms with van der Waals surface area (Å²) in [5.74, 6) is -4.75. The van der Waals surface area contributed by atoms with Crippen LogP contribution >= 0.6 is 0 Å². The maximum absolute atomic E-state index is 12.0. The van der Waals surface area contributed by atoms with Gasteiger partial charge in [0.2, 0.25) is 0 Å². The smallest absolute Gasteiger partial charge is 0.550 e. The van der Waals surface area contributed by atoms with Crippen molar-refractivity contribution in [1.82, 2.24) is 0 Å². The first kappa shape index (κ1) is 56.8. The van der Waals surface area contributed by atoms with E-state index in [0.717, 1.165) is 64.2 Å². The van der Waals surface area contributed by atoms with Gasteiger partial charge in [0.1, 0.15) is 5.25 Å². The Morgan fingerprint density at radius 2 is 0.780 bits per heavy atom. The number of hydrogen-bond donors (Lipinski definition) is 1. The summed E-state index contributed by atoms with van der Waals surface area (Å²) in [5.41, 5.74) is -2.18. The van der Waals surface area contributed by atoms with E-state index in [9.17, 15) is 42.7 Å². The van der Waals surface area contributed by atoms with Gasteiger partial charge in [-0.05, 0) is 25.7 Å². The van der Waals surface area contributed by atoms with Crippen LogP contribution in [-0.2, 0) is 24.5 Å². The van der Waals surface area contributed by atoms with Gasteiger partial charge in [0.25, 0.3) is 10.1 Å². The second-order valence-electron chi connectivity index (χ2n) is 13.8. The molecule has 1 N–H and O–H groups in total. The summed E-state index contributed by atoms with van der Waals surface area (Å²) < 4.78 is 32.9. The Bertz CT molecular complexity index is 887. The van der Waals surface area contributed by atoms with Crippen molar-refractivity contribution in [3.8, 4) is 0 Å². The fraction of sp³-hybridized carbons (Fsp3) is 0.921. The van der Waals surface area contributed by atoms with E-state index in [0.29, 0.717) is 25.7 Å². The largest absolute Gasteiger partial charge is 2.00 e. The Labute approximate surface area is 344 Å². The molecule has 0 aliphatic heterocycles. The van der Waals surface area contributed by atoms with Crippen molar-refractivity contribution in [2.75, 3.05) is 0 Å². The van der Waals surface area contributed by atoms with Crippen molar-refractivity contribution in [2.45, 2.75) is 219 Å². The summed E-state index contributed by atoms with van der Waals surface area (Å²) >= 11 is 0. The van der Waals surface area contributed by atoms with Gasteiger partial charge in [0, 0.05) is 17.4 Å². The quantitative estimate of drug-likeness (QED) is 0.0582. The standard InChI is InChI=1S/C20H38O7S.C18H36O2.Mg.Na/c1-3-5-7-9-11-13-15-20(19(23)24,16-14-12-10-8-6-4-2)17(18(21)22)28(25,26)27;1-2-3-4-5-6-7-8-9-10-11-12-13-14-15-16-17-18(19)20;;/h17H,3-16H2,1-2H3,(H,21,22)(H,23,24)(H,25,26,27);2-17H2,1H3,(H,19,20);;/q;;+2;+1/p-3. The van der Waals surface area contributed by atoms with Crippen LogP contribution in [0.4, 0.5) is 0 Å². The molecule has 0 saturated carbocycles. The van der Waals surface area contributed by atoms with Gasteiger partial charge in [-0.3, -0.25) is 4.55 Å². The minimum absolute atomic E-state index is 0. The van der Waals surface area contributed by atoms with Gasteiger partial charge in [-0.15, -0.1) is 0 Å². The topological polar surface area (TPSA) is 175 Å². The normalized spacial score (nSPS) is 11.8. The van der Waals surface area contributed by atoms with Crippen molar-refractivity contribution in [3.63, 3.8) is 0 Å². The maximum Gasteiger partial charge on any atom is 2.00 e. The van der Waals surface area contributed by atoms with Crippen LogP contribution in [-0.4, -0.2) is 59.2 Å². The van der Waals surface area contributed by atoms with Crippen LogP contribution in [0.3, 0.4) is 0 Å². The molecule has 0 rings (SSSR count). The van der Waals surface area contributed by atoms with Crippen LogP contribution in [0.15, 0.2) is 0 Å². The molecule has 0 aliphatic rings. The van der Waals surface area contributed by atoms with Crippen molar-refractivity contribution in [3.05, 3.63) is 0 Å². The van der Waals surface area contributed by atoms with Crippen molar-refractivity contribution in [1.29, 1.82) is 0 Å². The molecule has 9 nitrogen and oxygen atoms in total. The van der Waals surface area contributed by atoms with Gasteiger partial charge in [-0.1, -0.05) is 188 Å². The molecule has 0 saturated heterocycles. The van der Waals surface area contributed by atoms with Crippen LogP contribution < -0.4 is 44.9 Å². The molecule has 1 unspecified atom stereocenters. The summed E-state index contributed by atoms with van der Waals surface area (Å²) in [4.78, 5) is 33.7. The molecule has 286 valence electrons. The SMILES string of the molecule is CCCCCCCCC(CCCCCCCC)(C(=O)[O-])C(C(=O)[O-])S(=O)(=O)O.CCCCCCCCCCCCCCCCCC(=O)[O-].[Mg+2].[Na+]. The molecule has 0 aromatic carbocycles. The van der Waals surface area contributed by atoms with Gasteiger partial charge in [-0.25, -0.2) is 0 Å².